The molecule has 0 radical (unpaired) electrons. The molecule has 0 heterocycles. The molecule has 0 aliphatic carbocycles. The average molecular weight is 330 g/mol. The van der Waals surface area contributed by atoms with Crippen LogP contribution < -0.4 is 10.6 Å². The summed E-state index contributed by atoms with van der Waals surface area (Å²) in [7, 11) is 0. The minimum absolute atomic E-state index is 0.254. The molecule has 0 aromatic heterocycles. The van der Waals surface area contributed by atoms with E-state index in [4.69, 9.17) is 4.74 Å². The number of amides is 2. The second-order valence-corrected chi connectivity index (χ2v) is 5.17. The van der Waals surface area contributed by atoms with Crippen molar-refractivity contribution in [3.8, 4) is 0 Å². The van der Waals surface area contributed by atoms with Crippen LogP contribution in [0.2, 0.25) is 0 Å². The van der Waals surface area contributed by atoms with Crippen LogP contribution in [0.25, 0.3) is 0 Å². The normalized spacial score (nSPS) is 11.5. The molecular weight excluding hydrogens is 311 g/mol. The number of hydrogen-bond acceptors (Lipinski definition) is 3. The number of ether oxygens (including phenoxy) is 1. The number of anilines is 1. The molecule has 0 bridgehead atoms. The Hall–Kier alpha value is -2.89. The Morgan fingerprint density at radius 2 is 1.71 bits per heavy atom. The van der Waals surface area contributed by atoms with Crippen LogP contribution in [-0.4, -0.2) is 18.6 Å². The highest BCUT2D eigenvalue weighted by atomic mass is 19.1. The molecule has 2 amide bonds. The van der Waals surface area contributed by atoms with E-state index >= 15 is 0 Å². The number of halogens is 1. The van der Waals surface area contributed by atoms with E-state index in [0.29, 0.717) is 11.3 Å². The topological polar surface area (TPSA) is 67.4 Å². The quantitative estimate of drug-likeness (QED) is 0.874. The summed E-state index contributed by atoms with van der Waals surface area (Å²) in [6.07, 6.45) is -0.542. The van der Waals surface area contributed by atoms with Crippen molar-refractivity contribution in [2.45, 2.75) is 19.9 Å². The fourth-order valence-electron chi connectivity index (χ4n) is 2.10. The Balaban J connectivity index is 1.97. The van der Waals surface area contributed by atoms with Crippen molar-refractivity contribution in [2.75, 3.05) is 11.9 Å². The molecule has 6 heteroatoms. The predicted octanol–water partition coefficient (Wildman–Crippen LogP) is 3.89. The maximum Gasteiger partial charge on any atom is 0.411 e. The van der Waals surface area contributed by atoms with Crippen molar-refractivity contribution in [2.24, 2.45) is 0 Å². The Kier molecular flexibility index (Phi) is 5.89. The predicted molar refractivity (Wildman–Crippen MR) is 89.4 cm³/mol. The first-order valence-corrected chi connectivity index (χ1v) is 7.59. The molecule has 0 saturated carbocycles. The van der Waals surface area contributed by atoms with E-state index in [2.05, 4.69) is 10.6 Å². The first-order valence-electron chi connectivity index (χ1n) is 7.59. The summed E-state index contributed by atoms with van der Waals surface area (Å²) in [6, 6.07) is 12.2. The lowest BCUT2D eigenvalue weighted by atomic mass is 10.1. The number of carbonyl (C=O) groups excluding carboxylic acids is 2. The van der Waals surface area contributed by atoms with Crippen LogP contribution in [0.1, 0.15) is 35.8 Å². The van der Waals surface area contributed by atoms with Crippen molar-refractivity contribution in [1.29, 1.82) is 0 Å². The molecule has 24 heavy (non-hydrogen) atoms. The van der Waals surface area contributed by atoms with Gasteiger partial charge in [0.2, 0.25) is 0 Å². The monoisotopic (exact) mass is 330 g/mol. The van der Waals surface area contributed by atoms with Gasteiger partial charge in [0.25, 0.3) is 5.91 Å². The molecule has 126 valence electrons. The van der Waals surface area contributed by atoms with Gasteiger partial charge in [-0.2, -0.15) is 0 Å². The molecule has 0 fully saturated rings. The van der Waals surface area contributed by atoms with Crippen LogP contribution in [0.15, 0.2) is 48.5 Å². The fourth-order valence-corrected chi connectivity index (χ4v) is 2.10. The van der Waals surface area contributed by atoms with Crippen molar-refractivity contribution < 1.29 is 18.7 Å². The lowest BCUT2D eigenvalue weighted by Gasteiger charge is -2.14. The third-order valence-electron chi connectivity index (χ3n) is 3.39. The zero-order valence-electron chi connectivity index (χ0n) is 13.5. The second-order valence-electron chi connectivity index (χ2n) is 5.17. The van der Waals surface area contributed by atoms with Crippen LogP contribution in [0, 0.1) is 5.82 Å². The zero-order valence-corrected chi connectivity index (χ0v) is 13.5. The van der Waals surface area contributed by atoms with E-state index in [9.17, 15) is 14.0 Å². The van der Waals surface area contributed by atoms with E-state index < -0.39 is 6.09 Å². The Morgan fingerprint density at radius 1 is 1.08 bits per heavy atom. The van der Waals surface area contributed by atoms with Gasteiger partial charge in [-0.3, -0.25) is 10.1 Å². The molecule has 2 aromatic rings. The second kappa shape index (κ2) is 8.10. The van der Waals surface area contributed by atoms with Gasteiger partial charge in [0.05, 0.1) is 12.6 Å². The first-order chi connectivity index (χ1) is 11.5. The van der Waals surface area contributed by atoms with E-state index in [-0.39, 0.29) is 24.4 Å². The highest BCUT2D eigenvalue weighted by Crippen LogP contribution is 2.15. The van der Waals surface area contributed by atoms with Crippen molar-refractivity contribution in [3.63, 3.8) is 0 Å². The molecule has 2 rings (SSSR count). The maximum atomic E-state index is 12.9. The lowest BCUT2D eigenvalue weighted by Crippen LogP contribution is -2.26. The summed E-state index contributed by atoms with van der Waals surface area (Å²) in [6.45, 7) is 3.82. The summed E-state index contributed by atoms with van der Waals surface area (Å²) < 4.78 is 17.7. The Morgan fingerprint density at radius 3 is 2.29 bits per heavy atom. The summed E-state index contributed by atoms with van der Waals surface area (Å²) in [4.78, 5) is 23.6. The Labute approximate surface area is 139 Å². The van der Waals surface area contributed by atoms with Gasteiger partial charge in [-0.15, -0.1) is 0 Å². The average Bonchev–Trinajstić information content (AvgIpc) is 2.56. The number of benzene rings is 2. The summed E-state index contributed by atoms with van der Waals surface area (Å²) in [5.41, 5.74) is 1.81. The lowest BCUT2D eigenvalue weighted by molar-refractivity contribution is 0.0940. The van der Waals surface area contributed by atoms with E-state index in [1.165, 1.54) is 12.1 Å². The molecule has 0 saturated heterocycles. The fraction of sp³-hybridized carbons (Fsp3) is 0.222. The minimum Gasteiger partial charge on any atom is -0.450 e. The summed E-state index contributed by atoms with van der Waals surface area (Å²) in [5.74, 6) is -0.573. The van der Waals surface area contributed by atoms with Crippen LogP contribution >= 0.6 is 0 Å². The van der Waals surface area contributed by atoms with E-state index in [1.807, 2.05) is 6.92 Å². The van der Waals surface area contributed by atoms with Gasteiger partial charge in [-0.05, 0) is 55.8 Å². The van der Waals surface area contributed by atoms with Gasteiger partial charge in [-0.25, -0.2) is 9.18 Å². The van der Waals surface area contributed by atoms with Crippen molar-refractivity contribution >= 4 is 17.7 Å². The standard InChI is InChI=1S/C18H19FN2O3/c1-3-24-18(23)21-16-10-6-14(7-11-16)17(22)20-12(2)13-4-8-15(19)9-5-13/h4-12H,3H2,1-2H3,(H,20,22)(H,21,23)/t12-/m1/s1. The summed E-state index contributed by atoms with van der Waals surface area (Å²) in [5, 5.41) is 5.39. The first kappa shape index (κ1) is 17.5. The molecule has 2 N–H and O–H groups in total. The zero-order chi connectivity index (χ0) is 17.5. The largest absolute Gasteiger partial charge is 0.450 e. The van der Waals surface area contributed by atoms with Crippen LogP contribution in [-0.2, 0) is 4.74 Å². The molecule has 0 spiro atoms. The highest BCUT2D eigenvalue weighted by molar-refractivity contribution is 5.95. The maximum absolute atomic E-state index is 12.9. The highest BCUT2D eigenvalue weighted by Gasteiger charge is 2.12. The van der Waals surface area contributed by atoms with E-state index in [0.717, 1.165) is 5.56 Å². The van der Waals surface area contributed by atoms with Crippen LogP contribution in [0.3, 0.4) is 0 Å². The van der Waals surface area contributed by atoms with Crippen LogP contribution in [0.5, 0.6) is 0 Å². The van der Waals surface area contributed by atoms with Gasteiger partial charge in [0, 0.05) is 11.3 Å². The number of carbonyl (C=O) groups is 2. The number of nitrogens with one attached hydrogen (secondary N) is 2. The van der Waals surface area contributed by atoms with Crippen molar-refractivity contribution in [3.05, 3.63) is 65.5 Å². The van der Waals surface area contributed by atoms with Crippen LogP contribution in [0.4, 0.5) is 14.9 Å². The molecular formula is C18H19FN2O3. The van der Waals surface area contributed by atoms with Gasteiger partial charge in [-0.1, -0.05) is 12.1 Å². The number of hydrogen-bond donors (Lipinski definition) is 2. The van der Waals surface area contributed by atoms with E-state index in [1.54, 1.807) is 43.3 Å². The molecule has 2 aromatic carbocycles. The summed E-state index contributed by atoms with van der Waals surface area (Å²) >= 11 is 0. The van der Waals surface area contributed by atoms with Gasteiger partial charge in [0.15, 0.2) is 0 Å². The molecule has 1 atom stereocenters. The minimum atomic E-state index is -0.542. The third-order valence-corrected chi connectivity index (χ3v) is 3.39. The number of rotatable bonds is 5. The third kappa shape index (κ3) is 4.81. The SMILES string of the molecule is CCOC(=O)Nc1ccc(C(=O)N[C@H](C)c2ccc(F)cc2)cc1. The molecule has 0 unspecified atom stereocenters. The van der Waals surface area contributed by atoms with Gasteiger partial charge >= 0.3 is 6.09 Å². The van der Waals surface area contributed by atoms with Crippen molar-refractivity contribution in [1.82, 2.24) is 5.32 Å². The molecule has 5 nitrogen and oxygen atoms in total. The van der Waals surface area contributed by atoms with Gasteiger partial charge < -0.3 is 10.1 Å². The molecule has 0 aliphatic rings. The van der Waals surface area contributed by atoms with Gasteiger partial charge in [0.1, 0.15) is 5.82 Å². The Bertz CT molecular complexity index is 699. The smallest absolute Gasteiger partial charge is 0.411 e. The molecule has 0 aliphatic heterocycles.